The highest BCUT2D eigenvalue weighted by Gasteiger charge is 2.95. The van der Waals surface area contributed by atoms with Crippen molar-refractivity contribution in [2.75, 3.05) is 0 Å². The van der Waals surface area contributed by atoms with Gasteiger partial charge in [-0.2, -0.15) is 79.2 Å². The molecule has 0 aliphatic rings. The van der Waals surface area contributed by atoms with Crippen molar-refractivity contribution in [3.05, 3.63) is 30.1 Å². The van der Waals surface area contributed by atoms with Crippen LogP contribution in [-0.2, 0) is 12.5 Å². The van der Waals surface area contributed by atoms with Gasteiger partial charge in [-0.3, -0.25) is 0 Å². The Bertz CT molecular complexity index is 854. The molecule has 33 heavy (non-hydrogen) atoms. The summed E-state index contributed by atoms with van der Waals surface area (Å²) >= 11 is 0. The summed E-state index contributed by atoms with van der Waals surface area (Å²) in [6, 6.07) is 1.23. The minimum Gasteiger partial charge on any atom is -0.197 e. The summed E-state index contributed by atoms with van der Waals surface area (Å²) in [5.74, 6) is -56.5. The van der Waals surface area contributed by atoms with Crippen LogP contribution in [0.3, 0.4) is 0 Å². The molecule has 1 aromatic heterocycles. The van der Waals surface area contributed by atoms with Gasteiger partial charge in [-0.15, -0.1) is 0 Å². The second-order valence-corrected chi connectivity index (χ2v) is 6.39. The van der Waals surface area contributed by atoms with Crippen LogP contribution in [0.4, 0.5) is 74.6 Å². The maximum atomic E-state index is 14.2. The quantitative estimate of drug-likeness (QED) is 0.271. The Morgan fingerprint density at radius 3 is 1.27 bits per heavy atom. The number of hydrogen-bond donors (Lipinski definition) is 0. The van der Waals surface area contributed by atoms with E-state index in [1.807, 2.05) is 0 Å². The largest absolute Gasteiger partial charge is 0.460 e. The zero-order valence-corrected chi connectivity index (χ0v) is 15.4. The molecule has 0 aliphatic carbocycles. The molecule has 0 N–H and O–H groups in total. The van der Waals surface area contributed by atoms with Crippen LogP contribution in [0.2, 0.25) is 0 Å². The standard InChI is InChI=1S/C15H9F17N/c1-2-33-6-4-3-5-7(33)8(16,17)9(18,19)10(20,21)11(22,23)12(24,25)13(26,27)14(28,29)15(30,31)32/h3-6H,2H2,1H3/q+1. The molecule has 1 heterocycles. The zero-order chi connectivity index (χ0) is 26.7. The van der Waals surface area contributed by atoms with Crippen molar-refractivity contribution in [2.45, 2.75) is 61.1 Å². The van der Waals surface area contributed by atoms with Crippen LogP contribution in [0.5, 0.6) is 0 Å². The van der Waals surface area contributed by atoms with Gasteiger partial charge in [0.1, 0.15) is 6.54 Å². The molecule has 1 nitrogen and oxygen atoms in total. The summed E-state index contributed by atoms with van der Waals surface area (Å²) in [7, 11) is 0. The lowest BCUT2D eigenvalue weighted by atomic mass is 9.88. The van der Waals surface area contributed by atoms with E-state index in [1.165, 1.54) is 0 Å². The SMILES string of the molecule is CC[n+]1ccccc1C(F)(F)C(F)(F)C(F)(F)C(F)(F)C(F)(F)C(F)(F)C(F)(F)C(F)(F)F. The molecule has 0 spiro atoms. The van der Waals surface area contributed by atoms with Crippen LogP contribution in [0, 0.1) is 0 Å². The van der Waals surface area contributed by atoms with Gasteiger partial charge >= 0.3 is 47.6 Å². The van der Waals surface area contributed by atoms with Crippen molar-refractivity contribution in [1.29, 1.82) is 0 Å². The molecule has 1 aromatic rings. The smallest absolute Gasteiger partial charge is 0.197 e. The van der Waals surface area contributed by atoms with Crippen LogP contribution < -0.4 is 4.57 Å². The minimum absolute atomic E-state index is 0.0205. The Labute approximate surface area is 171 Å². The number of halogens is 17. The summed E-state index contributed by atoms with van der Waals surface area (Å²) in [5.41, 5.74) is -2.23. The number of pyridine rings is 1. The molecule has 1 rings (SSSR count). The molecule has 0 amide bonds. The van der Waals surface area contributed by atoms with Gasteiger partial charge in [0, 0.05) is 12.1 Å². The molecule has 0 radical (unpaired) electrons. The van der Waals surface area contributed by atoms with Crippen LogP contribution in [0.15, 0.2) is 24.4 Å². The highest BCUT2D eigenvalue weighted by Crippen LogP contribution is 2.64. The fourth-order valence-corrected chi connectivity index (χ4v) is 2.36. The Hall–Kier alpha value is -2.04. The van der Waals surface area contributed by atoms with E-state index in [0.29, 0.717) is 12.3 Å². The number of aryl methyl sites for hydroxylation is 1. The van der Waals surface area contributed by atoms with Gasteiger partial charge < -0.3 is 0 Å². The lowest BCUT2D eigenvalue weighted by molar-refractivity contribution is -0.712. The van der Waals surface area contributed by atoms with E-state index in [4.69, 9.17) is 0 Å². The van der Waals surface area contributed by atoms with E-state index < -0.39 is 59.9 Å². The molecule has 0 saturated heterocycles. The van der Waals surface area contributed by atoms with E-state index in [9.17, 15) is 74.6 Å². The number of alkyl halides is 17. The number of nitrogens with zero attached hydrogens (tertiary/aromatic N) is 1. The zero-order valence-electron chi connectivity index (χ0n) is 15.4. The van der Waals surface area contributed by atoms with Crippen molar-refractivity contribution in [1.82, 2.24) is 0 Å². The van der Waals surface area contributed by atoms with Gasteiger partial charge in [-0.25, -0.2) is 0 Å². The Morgan fingerprint density at radius 1 is 0.545 bits per heavy atom. The Kier molecular flexibility index (Phi) is 6.80. The van der Waals surface area contributed by atoms with Crippen LogP contribution in [-0.4, -0.2) is 41.7 Å². The second kappa shape index (κ2) is 7.74. The monoisotopic (exact) mass is 526 g/mol. The third-order valence-corrected chi connectivity index (χ3v) is 4.33. The molecule has 0 bridgehead atoms. The molecule has 0 atom stereocenters. The average molecular weight is 526 g/mol. The summed E-state index contributed by atoms with van der Waals surface area (Å²) in [4.78, 5) is 0. The lowest BCUT2D eigenvalue weighted by Crippen LogP contribution is -2.74. The molecule has 0 saturated carbocycles. The maximum Gasteiger partial charge on any atom is 0.460 e. The average Bonchev–Trinajstić information content (AvgIpc) is 2.65. The lowest BCUT2D eigenvalue weighted by Gasteiger charge is -2.42. The van der Waals surface area contributed by atoms with Gasteiger partial charge in [-0.1, -0.05) is 0 Å². The van der Waals surface area contributed by atoms with E-state index >= 15 is 0 Å². The van der Waals surface area contributed by atoms with Gasteiger partial charge in [-0.05, 0) is 13.0 Å². The first-order chi connectivity index (χ1) is 14.3. The first-order valence-electron chi connectivity index (χ1n) is 8.01. The summed E-state index contributed by atoms with van der Waals surface area (Å²) in [6.07, 6.45) is -7.27. The molecule has 192 valence electrons. The topological polar surface area (TPSA) is 3.88 Å². The normalized spacial score (nSPS) is 15.7. The van der Waals surface area contributed by atoms with Crippen molar-refractivity contribution >= 4 is 0 Å². The van der Waals surface area contributed by atoms with Crippen molar-refractivity contribution in [2.24, 2.45) is 0 Å². The van der Waals surface area contributed by atoms with Gasteiger partial charge in [0.2, 0.25) is 0 Å². The van der Waals surface area contributed by atoms with Crippen molar-refractivity contribution in [3.8, 4) is 0 Å². The number of aromatic nitrogens is 1. The van der Waals surface area contributed by atoms with E-state index in [-0.39, 0.29) is 10.6 Å². The Balaban J connectivity index is 3.77. The first kappa shape index (κ1) is 29.0. The third-order valence-electron chi connectivity index (χ3n) is 4.33. The molecule has 0 aromatic carbocycles. The van der Waals surface area contributed by atoms with Crippen molar-refractivity contribution < 1.29 is 79.2 Å². The minimum atomic E-state index is -8.63. The predicted molar refractivity (Wildman–Crippen MR) is 71.9 cm³/mol. The predicted octanol–water partition coefficient (Wildman–Crippen LogP) is 6.46. The van der Waals surface area contributed by atoms with E-state index in [0.717, 1.165) is 13.0 Å². The van der Waals surface area contributed by atoms with Crippen LogP contribution >= 0.6 is 0 Å². The van der Waals surface area contributed by atoms with Gasteiger partial charge in [0.25, 0.3) is 5.69 Å². The number of hydrogen-bond acceptors (Lipinski definition) is 0. The summed E-state index contributed by atoms with van der Waals surface area (Å²) < 4.78 is 226. The molecular formula is C15H9F17N+. The fraction of sp³-hybridized carbons (Fsp3) is 0.667. The van der Waals surface area contributed by atoms with Gasteiger partial charge in [0.15, 0.2) is 6.20 Å². The van der Waals surface area contributed by atoms with Crippen LogP contribution in [0.1, 0.15) is 12.6 Å². The summed E-state index contributed by atoms with van der Waals surface area (Å²) in [5, 5.41) is 0. The molecule has 0 aliphatic heterocycles. The number of rotatable bonds is 8. The second-order valence-electron chi connectivity index (χ2n) is 6.39. The molecule has 18 heteroatoms. The summed E-state index contributed by atoms with van der Waals surface area (Å²) in [6.45, 7) is 0.189. The fourth-order valence-electron chi connectivity index (χ4n) is 2.36. The highest BCUT2D eigenvalue weighted by atomic mass is 19.4. The highest BCUT2D eigenvalue weighted by molar-refractivity contribution is 5.18. The van der Waals surface area contributed by atoms with Crippen LogP contribution in [0.25, 0.3) is 0 Å². The van der Waals surface area contributed by atoms with Crippen molar-refractivity contribution in [3.63, 3.8) is 0 Å². The molecular weight excluding hydrogens is 517 g/mol. The van der Waals surface area contributed by atoms with E-state index in [2.05, 4.69) is 0 Å². The molecule has 0 fully saturated rings. The molecule has 0 unspecified atom stereocenters. The first-order valence-corrected chi connectivity index (χ1v) is 8.01. The van der Waals surface area contributed by atoms with Gasteiger partial charge in [0.05, 0.1) is 0 Å². The third kappa shape index (κ3) is 3.66. The Morgan fingerprint density at radius 2 is 0.909 bits per heavy atom. The maximum absolute atomic E-state index is 14.2. The van der Waals surface area contributed by atoms with E-state index in [1.54, 1.807) is 0 Å².